The average molecular weight is 289 g/mol. The van der Waals surface area contributed by atoms with Gasteiger partial charge in [-0.1, -0.05) is 23.4 Å². The van der Waals surface area contributed by atoms with Crippen LogP contribution in [-0.2, 0) is 29.1 Å². The van der Waals surface area contributed by atoms with Gasteiger partial charge in [-0.25, -0.2) is 0 Å². The largest absolute Gasteiger partial charge is 0.480 e. The molecule has 7 nitrogen and oxygen atoms in total. The van der Waals surface area contributed by atoms with Crippen molar-refractivity contribution in [2.45, 2.75) is 25.7 Å². The lowest BCUT2D eigenvalue weighted by Gasteiger charge is -2.09. The monoisotopic (exact) mass is 289 g/mol. The van der Waals surface area contributed by atoms with Crippen molar-refractivity contribution in [3.05, 3.63) is 41.5 Å². The zero-order chi connectivity index (χ0) is 14.7. The molecule has 0 radical (unpaired) electrons. The molecule has 110 valence electrons. The predicted octanol–water partition coefficient (Wildman–Crippen LogP) is 0.836. The van der Waals surface area contributed by atoms with Gasteiger partial charge in [0.2, 0.25) is 5.89 Å². The zero-order valence-electron chi connectivity index (χ0n) is 11.5. The van der Waals surface area contributed by atoms with Gasteiger partial charge in [-0.05, 0) is 11.6 Å². The number of hydrogen-bond acceptors (Lipinski definition) is 6. The van der Waals surface area contributed by atoms with E-state index in [1.807, 2.05) is 24.3 Å². The Labute approximate surface area is 121 Å². The molecule has 0 saturated carbocycles. The number of methoxy groups -OCH3 is 1. The highest BCUT2D eigenvalue weighted by molar-refractivity contribution is 5.82. The van der Waals surface area contributed by atoms with Crippen molar-refractivity contribution < 1.29 is 18.8 Å². The van der Waals surface area contributed by atoms with Crippen LogP contribution >= 0.6 is 0 Å². The van der Waals surface area contributed by atoms with Crippen LogP contribution in [0.25, 0.3) is 0 Å². The number of amides is 1. The van der Waals surface area contributed by atoms with Crippen molar-refractivity contribution in [2.24, 2.45) is 0 Å². The summed E-state index contributed by atoms with van der Waals surface area (Å²) in [6.45, 7) is 0.449. The number of carbonyl (C=O) groups is 1. The minimum atomic E-state index is -0.510. The van der Waals surface area contributed by atoms with Gasteiger partial charge in [0.05, 0.1) is 6.54 Å². The number of fused-ring (bicyclic) bond motifs is 1. The Morgan fingerprint density at radius 1 is 1.48 bits per heavy atom. The summed E-state index contributed by atoms with van der Waals surface area (Å²) in [5.41, 5.74) is 1.04. The molecule has 1 N–H and O–H groups in total. The highest BCUT2D eigenvalue weighted by Crippen LogP contribution is 2.28. The molecule has 7 heteroatoms. The third kappa shape index (κ3) is 3.03. The number of rotatable bonds is 5. The van der Waals surface area contributed by atoms with Crippen molar-refractivity contribution in [2.75, 3.05) is 7.11 Å². The van der Waals surface area contributed by atoms with Crippen LogP contribution in [0.4, 0.5) is 0 Å². The second-order valence-corrected chi connectivity index (χ2v) is 4.67. The van der Waals surface area contributed by atoms with Crippen LogP contribution in [0.5, 0.6) is 5.75 Å². The fraction of sp³-hybridized carbons (Fsp3) is 0.357. The van der Waals surface area contributed by atoms with Crippen LogP contribution in [0.2, 0.25) is 0 Å². The molecular weight excluding hydrogens is 274 g/mol. The topological polar surface area (TPSA) is 86.5 Å². The zero-order valence-corrected chi connectivity index (χ0v) is 11.5. The smallest absolute Gasteiger partial charge is 0.261 e. The van der Waals surface area contributed by atoms with Gasteiger partial charge in [0.1, 0.15) is 12.4 Å². The van der Waals surface area contributed by atoms with Crippen LogP contribution in [0.3, 0.4) is 0 Å². The minimum absolute atomic E-state index is 0.172. The third-order valence-corrected chi connectivity index (χ3v) is 3.14. The SMILES string of the molecule is COCc1noc(CNC(=O)C2Cc3ccccc3O2)n1. The fourth-order valence-corrected chi connectivity index (χ4v) is 2.15. The Morgan fingerprint density at radius 2 is 2.33 bits per heavy atom. The molecule has 1 atom stereocenters. The van der Waals surface area contributed by atoms with Crippen LogP contribution < -0.4 is 10.1 Å². The molecule has 2 heterocycles. The summed E-state index contributed by atoms with van der Waals surface area (Å²) < 4.78 is 15.5. The Balaban J connectivity index is 1.53. The first-order valence-electron chi connectivity index (χ1n) is 6.59. The molecule has 1 unspecified atom stereocenters. The molecule has 0 fully saturated rings. The molecule has 0 aliphatic carbocycles. The van der Waals surface area contributed by atoms with Gasteiger partial charge in [0, 0.05) is 13.5 Å². The molecule has 0 saturated heterocycles. The Kier molecular flexibility index (Phi) is 3.83. The first-order valence-corrected chi connectivity index (χ1v) is 6.59. The van der Waals surface area contributed by atoms with E-state index in [0.717, 1.165) is 11.3 Å². The Bertz CT molecular complexity index is 616. The Hall–Kier alpha value is -2.41. The number of nitrogens with zero attached hydrogens (tertiary/aromatic N) is 2. The predicted molar refractivity (Wildman–Crippen MR) is 71.4 cm³/mol. The minimum Gasteiger partial charge on any atom is -0.480 e. The molecule has 1 aromatic carbocycles. The van der Waals surface area contributed by atoms with Gasteiger partial charge in [-0.15, -0.1) is 0 Å². The molecule has 0 bridgehead atoms. The van der Waals surface area contributed by atoms with E-state index in [1.165, 1.54) is 0 Å². The van der Waals surface area contributed by atoms with Gasteiger partial charge in [-0.3, -0.25) is 4.79 Å². The highest BCUT2D eigenvalue weighted by Gasteiger charge is 2.28. The molecular formula is C14H15N3O4. The molecule has 1 amide bonds. The number of carbonyl (C=O) groups excluding carboxylic acids is 1. The van der Waals surface area contributed by atoms with Gasteiger partial charge in [-0.2, -0.15) is 4.98 Å². The van der Waals surface area contributed by atoms with Gasteiger partial charge < -0.3 is 19.3 Å². The average Bonchev–Trinajstić information content (AvgIpc) is 3.11. The van der Waals surface area contributed by atoms with Crippen molar-refractivity contribution in [1.29, 1.82) is 0 Å². The van der Waals surface area contributed by atoms with Crippen molar-refractivity contribution in [3.8, 4) is 5.75 Å². The molecule has 1 aliphatic rings. The first kappa shape index (κ1) is 13.6. The van der Waals surface area contributed by atoms with Crippen molar-refractivity contribution in [1.82, 2.24) is 15.5 Å². The summed E-state index contributed by atoms with van der Waals surface area (Å²) in [5.74, 6) is 1.35. The van der Waals surface area contributed by atoms with Crippen LogP contribution in [0, 0.1) is 0 Å². The van der Waals surface area contributed by atoms with Crippen LogP contribution in [0.1, 0.15) is 17.3 Å². The number of hydrogen-bond donors (Lipinski definition) is 1. The molecule has 21 heavy (non-hydrogen) atoms. The standard InChI is InChI=1S/C14H15N3O4/c1-19-8-12-16-13(21-17-12)7-15-14(18)11-6-9-4-2-3-5-10(9)20-11/h2-5,11H,6-8H2,1H3,(H,15,18). The summed E-state index contributed by atoms with van der Waals surface area (Å²) in [5, 5.41) is 6.45. The summed E-state index contributed by atoms with van der Waals surface area (Å²) >= 11 is 0. The summed E-state index contributed by atoms with van der Waals surface area (Å²) in [4.78, 5) is 16.1. The number of nitrogens with one attached hydrogen (secondary N) is 1. The summed E-state index contributed by atoms with van der Waals surface area (Å²) in [7, 11) is 1.55. The van der Waals surface area contributed by atoms with E-state index in [9.17, 15) is 4.79 Å². The maximum absolute atomic E-state index is 12.1. The quantitative estimate of drug-likeness (QED) is 0.877. The number of ether oxygens (including phenoxy) is 2. The second-order valence-electron chi connectivity index (χ2n) is 4.67. The van der Waals surface area contributed by atoms with E-state index in [4.69, 9.17) is 14.0 Å². The summed E-state index contributed by atoms with van der Waals surface area (Å²) in [6.07, 6.45) is 0.0598. The molecule has 2 aromatic rings. The fourth-order valence-electron chi connectivity index (χ4n) is 2.15. The molecule has 1 aliphatic heterocycles. The van der Waals surface area contributed by atoms with Crippen molar-refractivity contribution >= 4 is 5.91 Å². The lowest BCUT2D eigenvalue weighted by molar-refractivity contribution is -0.127. The van der Waals surface area contributed by atoms with E-state index in [-0.39, 0.29) is 19.1 Å². The van der Waals surface area contributed by atoms with Gasteiger partial charge in [0.15, 0.2) is 11.9 Å². The highest BCUT2D eigenvalue weighted by atomic mass is 16.5. The van der Waals surface area contributed by atoms with E-state index in [2.05, 4.69) is 15.5 Å². The van der Waals surface area contributed by atoms with E-state index >= 15 is 0 Å². The van der Waals surface area contributed by atoms with Crippen LogP contribution in [0.15, 0.2) is 28.8 Å². The number of aromatic nitrogens is 2. The van der Waals surface area contributed by atoms with Gasteiger partial charge in [0.25, 0.3) is 5.91 Å². The van der Waals surface area contributed by atoms with Crippen molar-refractivity contribution in [3.63, 3.8) is 0 Å². The lowest BCUT2D eigenvalue weighted by atomic mass is 10.1. The van der Waals surface area contributed by atoms with E-state index < -0.39 is 6.10 Å². The van der Waals surface area contributed by atoms with E-state index in [0.29, 0.717) is 18.1 Å². The maximum Gasteiger partial charge on any atom is 0.261 e. The molecule has 0 spiro atoms. The number of benzene rings is 1. The molecule has 3 rings (SSSR count). The summed E-state index contributed by atoms with van der Waals surface area (Å²) in [6, 6.07) is 7.63. The third-order valence-electron chi connectivity index (χ3n) is 3.14. The maximum atomic E-state index is 12.1. The molecule has 1 aromatic heterocycles. The first-order chi connectivity index (χ1) is 10.3. The normalized spacial score (nSPS) is 16.3. The second kappa shape index (κ2) is 5.92. The lowest BCUT2D eigenvalue weighted by Crippen LogP contribution is -2.37. The van der Waals surface area contributed by atoms with Crippen LogP contribution in [-0.4, -0.2) is 29.3 Å². The Morgan fingerprint density at radius 3 is 3.14 bits per heavy atom. The van der Waals surface area contributed by atoms with E-state index in [1.54, 1.807) is 7.11 Å². The number of para-hydroxylation sites is 1. The van der Waals surface area contributed by atoms with Gasteiger partial charge >= 0.3 is 0 Å².